The van der Waals surface area contributed by atoms with Gasteiger partial charge in [0.25, 0.3) is 0 Å². The van der Waals surface area contributed by atoms with Gasteiger partial charge in [-0.25, -0.2) is 0 Å². The smallest absolute Gasteiger partial charge is 0.229 e. The summed E-state index contributed by atoms with van der Waals surface area (Å²) in [7, 11) is 1.76. The van der Waals surface area contributed by atoms with Crippen molar-refractivity contribution in [3.05, 3.63) is 72.3 Å². The Labute approximate surface area is 224 Å². The van der Waals surface area contributed by atoms with Gasteiger partial charge in [0.2, 0.25) is 5.72 Å². The van der Waals surface area contributed by atoms with Crippen LogP contribution in [0.4, 0.5) is 17.1 Å². The van der Waals surface area contributed by atoms with Crippen molar-refractivity contribution in [2.45, 2.75) is 44.2 Å². The Kier molecular flexibility index (Phi) is 5.41. The van der Waals surface area contributed by atoms with Gasteiger partial charge in [-0.1, -0.05) is 54.6 Å². The van der Waals surface area contributed by atoms with Crippen LogP contribution in [0.3, 0.4) is 0 Å². The first-order valence-electron chi connectivity index (χ1n) is 13.9. The van der Waals surface area contributed by atoms with E-state index < -0.39 is 5.72 Å². The minimum absolute atomic E-state index is 0.366. The Bertz CT molecular complexity index is 1570. The summed E-state index contributed by atoms with van der Waals surface area (Å²) in [5, 5.41) is 4.92. The number of nitrogens with zero attached hydrogens (tertiary/aromatic N) is 3. The van der Waals surface area contributed by atoms with Crippen LogP contribution in [0.1, 0.15) is 38.7 Å². The molecule has 5 heteroatoms. The third-order valence-corrected chi connectivity index (χ3v) is 8.93. The minimum Gasteiger partial charge on any atom is -0.459 e. The predicted octanol–water partition coefficient (Wildman–Crippen LogP) is 7.22. The van der Waals surface area contributed by atoms with Crippen molar-refractivity contribution in [1.29, 1.82) is 0 Å². The van der Waals surface area contributed by atoms with Gasteiger partial charge in [0.05, 0.1) is 18.2 Å². The first kappa shape index (κ1) is 23.5. The third kappa shape index (κ3) is 3.24. The molecular weight excluding hydrogens is 470 g/mol. The van der Waals surface area contributed by atoms with E-state index in [0.717, 1.165) is 29.9 Å². The van der Waals surface area contributed by atoms with Crippen LogP contribution >= 0.6 is 0 Å². The quantitative estimate of drug-likeness (QED) is 0.293. The van der Waals surface area contributed by atoms with E-state index >= 15 is 0 Å². The predicted molar refractivity (Wildman–Crippen MR) is 158 cm³/mol. The van der Waals surface area contributed by atoms with Crippen molar-refractivity contribution in [2.24, 2.45) is 4.99 Å². The lowest BCUT2D eigenvalue weighted by atomic mass is 9.75. The highest BCUT2D eigenvalue weighted by Crippen LogP contribution is 2.57. The highest BCUT2D eigenvalue weighted by Gasteiger charge is 2.60. The fraction of sp³-hybridized carbons (Fsp3) is 0.364. The summed E-state index contributed by atoms with van der Waals surface area (Å²) in [6.45, 7) is 8.08. The van der Waals surface area contributed by atoms with Crippen molar-refractivity contribution < 1.29 is 9.47 Å². The Morgan fingerprint density at radius 2 is 1.61 bits per heavy atom. The first-order chi connectivity index (χ1) is 18.5. The average Bonchev–Trinajstić information content (AvgIpc) is 3.14. The highest BCUT2D eigenvalue weighted by atomic mass is 16.5. The SMILES string of the molecule is COCCN1c2ccc3ccccc3c2C(C)(C)C12C=Nc1c(cc(N3CCCCC3)c3ccccc13)O2. The summed E-state index contributed by atoms with van der Waals surface area (Å²) in [6.07, 6.45) is 5.83. The van der Waals surface area contributed by atoms with E-state index in [2.05, 4.69) is 96.6 Å². The monoisotopic (exact) mass is 505 g/mol. The molecule has 194 valence electrons. The van der Waals surface area contributed by atoms with Gasteiger partial charge in [-0.15, -0.1) is 0 Å². The lowest BCUT2D eigenvalue weighted by Crippen LogP contribution is -2.62. The number of methoxy groups -OCH3 is 1. The van der Waals surface area contributed by atoms with Crippen LogP contribution in [0.15, 0.2) is 71.7 Å². The van der Waals surface area contributed by atoms with Gasteiger partial charge < -0.3 is 19.3 Å². The van der Waals surface area contributed by atoms with Crippen LogP contribution in [-0.4, -0.2) is 45.3 Å². The van der Waals surface area contributed by atoms with E-state index in [1.807, 2.05) is 0 Å². The van der Waals surface area contributed by atoms with Crippen molar-refractivity contribution in [2.75, 3.05) is 43.2 Å². The topological polar surface area (TPSA) is 37.3 Å². The summed E-state index contributed by atoms with van der Waals surface area (Å²) in [5.41, 5.74) is 3.54. The van der Waals surface area contributed by atoms with Crippen LogP contribution in [-0.2, 0) is 10.2 Å². The molecule has 0 amide bonds. The van der Waals surface area contributed by atoms with Crippen LogP contribution in [0, 0.1) is 0 Å². The van der Waals surface area contributed by atoms with Crippen molar-refractivity contribution >= 4 is 44.8 Å². The summed E-state index contributed by atoms with van der Waals surface area (Å²) in [6, 6.07) is 24.0. The number of anilines is 2. The molecule has 0 N–H and O–H groups in total. The van der Waals surface area contributed by atoms with E-state index in [1.54, 1.807) is 7.11 Å². The molecule has 4 aromatic carbocycles. The molecule has 5 nitrogen and oxygen atoms in total. The molecule has 38 heavy (non-hydrogen) atoms. The van der Waals surface area contributed by atoms with Crippen molar-refractivity contribution in [1.82, 2.24) is 0 Å². The lowest BCUT2D eigenvalue weighted by Gasteiger charge is -2.46. The van der Waals surface area contributed by atoms with E-state index in [4.69, 9.17) is 14.5 Å². The van der Waals surface area contributed by atoms with E-state index in [1.165, 1.54) is 52.4 Å². The third-order valence-electron chi connectivity index (χ3n) is 8.93. The second-order valence-electron chi connectivity index (χ2n) is 11.3. The normalized spacial score (nSPS) is 21.7. The number of rotatable bonds is 4. The largest absolute Gasteiger partial charge is 0.459 e. The Hall–Kier alpha value is -3.57. The maximum Gasteiger partial charge on any atom is 0.229 e. The number of hydrogen-bond acceptors (Lipinski definition) is 5. The maximum atomic E-state index is 7.27. The molecule has 0 radical (unpaired) electrons. The Morgan fingerprint density at radius 1 is 0.868 bits per heavy atom. The molecule has 1 atom stereocenters. The molecule has 1 saturated heterocycles. The molecule has 1 spiro atoms. The van der Waals surface area contributed by atoms with Gasteiger partial charge in [0, 0.05) is 55.0 Å². The van der Waals surface area contributed by atoms with Crippen molar-refractivity contribution in [3.8, 4) is 5.75 Å². The first-order valence-corrected chi connectivity index (χ1v) is 13.9. The number of hydrogen-bond donors (Lipinski definition) is 0. The van der Waals surface area contributed by atoms with E-state index in [9.17, 15) is 0 Å². The second-order valence-corrected chi connectivity index (χ2v) is 11.3. The van der Waals surface area contributed by atoms with Gasteiger partial charge >= 0.3 is 0 Å². The average molecular weight is 506 g/mol. The van der Waals surface area contributed by atoms with E-state index in [0.29, 0.717) is 13.2 Å². The molecule has 0 aromatic heterocycles. The molecule has 7 rings (SSSR count). The summed E-state index contributed by atoms with van der Waals surface area (Å²) in [4.78, 5) is 10.1. The molecule has 1 fully saturated rings. The van der Waals surface area contributed by atoms with Crippen LogP contribution in [0.2, 0.25) is 0 Å². The fourth-order valence-corrected chi connectivity index (χ4v) is 6.99. The number of piperidine rings is 1. The Morgan fingerprint density at radius 3 is 2.39 bits per heavy atom. The molecule has 1 unspecified atom stereocenters. The zero-order valence-corrected chi connectivity index (χ0v) is 22.5. The molecule has 0 saturated carbocycles. The van der Waals surface area contributed by atoms with E-state index in [-0.39, 0.29) is 5.41 Å². The standard InChI is InChI=1S/C33H35N3O2/c1-32(2)30-24-12-6-5-11-23(24)15-16-27(30)36(19-20-37-3)33(32)22-34-31-26-14-8-7-13-25(26)28(21-29(31)38-33)35-17-9-4-10-18-35/h5-8,11-16,21-22H,4,9-10,17-20H2,1-3H3. The second kappa shape index (κ2) is 8.74. The zero-order valence-electron chi connectivity index (χ0n) is 22.5. The van der Waals surface area contributed by atoms with Gasteiger partial charge in [-0.3, -0.25) is 4.99 Å². The molecule has 4 aromatic rings. The zero-order chi connectivity index (χ0) is 25.9. The van der Waals surface area contributed by atoms with Gasteiger partial charge in [0.15, 0.2) is 5.75 Å². The molecule has 0 bridgehead atoms. The maximum absolute atomic E-state index is 7.27. The lowest BCUT2D eigenvalue weighted by molar-refractivity contribution is 0.0720. The number of fused-ring (bicyclic) bond motifs is 6. The number of benzene rings is 4. The summed E-state index contributed by atoms with van der Waals surface area (Å²) < 4.78 is 12.9. The van der Waals surface area contributed by atoms with Crippen molar-refractivity contribution in [3.63, 3.8) is 0 Å². The highest BCUT2D eigenvalue weighted by molar-refractivity contribution is 6.06. The van der Waals surface area contributed by atoms with Gasteiger partial charge in [-0.2, -0.15) is 0 Å². The molecular formula is C33H35N3O2. The van der Waals surface area contributed by atoms with Gasteiger partial charge in [0.1, 0.15) is 5.69 Å². The minimum atomic E-state index is -0.771. The summed E-state index contributed by atoms with van der Waals surface area (Å²) >= 11 is 0. The van der Waals surface area contributed by atoms with Crippen LogP contribution in [0.25, 0.3) is 21.5 Å². The molecule has 3 aliphatic heterocycles. The fourth-order valence-electron chi connectivity index (χ4n) is 6.99. The van der Waals surface area contributed by atoms with Crippen LogP contribution in [0.5, 0.6) is 5.75 Å². The van der Waals surface area contributed by atoms with Gasteiger partial charge in [-0.05, 0) is 55.5 Å². The van der Waals surface area contributed by atoms with Crippen LogP contribution < -0.4 is 14.5 Å². The molecule has 3 heterocycles. The summed E-state index contributed by atoms with van der Waals surface area (Å²) in [5.74, 6) is 0.861. The Balaban J connectivity index is 1.43. The number of ether oxygens (including phenoxy) is 2. The molecule has 3 aliphatic rings. The molecule has 0 aliphatic carbocycles. The number of aliphatic imine (C=N–C) groups is 1.